The van der Waals surface area contributed by atoms with Gasteiger partial charge in [0.05, 0.1) is 17.6 Å². The number of aliphatic hydroxyl groups excluding tert-OH is 1. The Balaban J connectivity index is 1.76. The molecular weight excluding hydrogens is 260 g/mol. The van der Waals surface area contributed by atoms with Crippen molar-refractivity contribution in [3.63, 3.8) is 0 Å². The summed E-state index contributed by atoms with van der Waals surface area (Å²) in [6.07, 6.45) is 2.90. The van der Waals surface area contributed by atoms with Crippen LogP contribution in [0.25, 0.3) is 0 Å². The predicted molar refractivity (Wildman–Crippen MR) is 73.2 cm³/mol. The third-order valence-electron chi connectivity index (χ3n) is 2.90. The maximum atomic E-state index is 10.5. The Morgan fingerprint density at radius 1 is 1.40 bits per heavy atom. The summed E-state index contributed by atoms with van der Waals surface area (Å²) >= 11 is 0. The number of benzene rings is 1. The number of nitro groups is 1. The van der Waals surface area contributed by atoms with E-state index in [1.165, 1.54) is 12.1 Å². The highest BCUT2D eigenvalue weighted by molar-refractivity contribution is 5.33. The van der Waals surface area contributed by atoms with Gasteiger partial charge in [0, 0.05) is 37.6 Å². The van der Waals surface area contributed by atoms with Crippen LogP contribution in [-0.2, 0) is 6.54 Å². The largest absolute Gasteiger partial charge is 0.387 e. The van der Waals surface area contributed by atoms with Crippen molar-refractivity contribution < 1.29 is 10.0 Å². The highest BCUT2D eigenvalue weighted by Gasteiger charge is 2.09. The highest BCUT2D eigenvalue weighted by atomic mass is 16.6. The molecule has 0 bridgehead atoms. The van der Waals surface area contributed by atoms with Crippen LogP contribution in [0.4, 0.5) is 5.69 Å². The normalized spacial score (nSPS) is 12.2. The lowest BCUT2D eigenvalue weighted by Gasteiger charge is -2.12. The number of aromatic nitrogens is 2. The molecule has 0 aliphatic carbocycles. The molecule has 1 atom stereocenters. The molecular formula is C13H16N4O3. The third kappa shape index (κ3) is 3.87. The summed E-state index contributed by atoms with van der Waals surface area (Å²) in [5, 5.41) is 27.7. The fourth-order valence-electron chi connectivity index (χ4n) is 1.80. The lowest BCUT2D eigenvalue weighted by atomic mass is 10.1. The monoisotopic (exact) mass is 276 g/mol. The number of nitrogens with zero attached hydrogens (tertiary/aromatic N) is 3. The standard InChI is InChI=1S/C13H16N4O3/c18-13(10-14-7-9-16-8-1-6-15-16)11-2-4-12(5-3-11)17(19)20/h1-6,8,13-14,18H,7,9-10H2. The SMILES string of the molecule is O=[N+]([O-])c1ccc(C(O)CNCCn2cccn2)cc1. The van der Waals surface area contributed by atoms with Crippen molar-refractivity contribution in [1.29, 1.82) is 0 Å². The fourth-order valence-corrected chi connectivity index (χ4v) is 1.80. The molecule has 0 fully saturated rings. The zero-order valence-electron chi connectivity index (χ0n) is 10.8. The summed E-state index contributed by atoms with van der Waals surface area (Å²) in [6.45, 7) is 1.80. The second-order valence-corrected chi connectivity index (χ2v) is 4.34. The predicted octanol–water partition coefficient (Wildman–Crippen LogP) is 1.11. The molecule has 2 aromatic rings. The second-order valence-electron chi connectivity index (χ2n) is 4.34. The molecule has 0 aliphatic heterocycles. The molecule has 1 aromatic heterocycles. The van der Waals surface area contributed by atoms with Gasteiger partial charge in [0.1, 0.15) is 0 Å². The van der Waals surface area contributed by atoms with Crippen LogP contribution in [0, 0.1) is 10.1 Å². The van der Waals surface area contributed by atoms with Gasteiger partial charge in [0.15, 0.2) is 0 Å². The topological polar surface area (TPSA) is 93.2 Å². The molecule has 0 radical (unpaired) electrons. The van der Waals surface area contributed by atoms with Crippen LogP contribution in [-0.4, -0.2) is 32.9 Å². The van der Waals surface area contributed by atoms with E-state index >= 15 is 0 Å². The number of nitro benzene ring substituents is 1. The lowest BCUT2D eigenvalue weighted by Crippen LogP contribution is -2.25. The highest BCUT2D eigenvalue weighted by Crippen LogP contribution is 2.17. The zero-order valence-corrected chi connectivity index (χ0v) is 10.8. The summed E-state index contributed by atoms with van der Waals surface area (Å²) in [4.78, 5) is 10.1. The smallest absolute Gasteiger partial charge is 0.269 e. The number of hydrogen-bond donors (Lipinski definition) is 2. The molecule has 0 amide bonds. The first kappa shape index (κ1) is 14.2. The van der Waals surface area contributed by atoms with E-state index in [1.54, 1.807) is 23.0 Å². The van der Waals surface area contributed by atoms with Crippen LogP contribution in [0.15, 0.2) is 42.7 Å². The van der Waals surface area contributed by atoms with Crippen LogP contribution in [0.5, 0.6) is 0 Å². The van der Waals surface area contributed by atoms with Crippen LogP contribution in [0.3, 0.4) is 0 Å². The Kier molecular flexibility index (Phi) is 4.80. The van der Waals surface area contributed by atoms with Gasteiger partial charge >= 0.3 is 0 Å². The quantitative estimate of drug-likeness (QED) is 0.449. The average Bonchev–Trinajstić information content (AvgIpc) is 2.96. The molecule has 0 saturated heterocycles. The molecule has 2 N–H and O–H groups in total. The van der Waals surface area contributed by atoms with Gasteiger partial charge in [-0.15, -0.1) is 0 Å². The minimum Gasteiger partial charge on any atom is -0.387 e. The van der Waals surface area contributed by atoms with E-state index in [4.69, 9.17) is 0 Å². The molecule has 0 spiro atoms. The van der Waals surface area contributed by atoms with Crippen molar-refractivity contribution >= 4 is 5.69 Å². The molecule has 0 aliphatic rings. The van der Waals surface area contributed by atoms with Gasteiger partial charge < -0.3 is 10.4 Å². The van der Waals surface area contributed by atoms with E-state index in [1.807, 2.05) is 12.3 Å². The number of rotatable bonds is 7. The maximum absolute atomic E-state index is 10.5. The van der Waals surface area contributed by atoms with Crippen molar-refractivity contribution in [3.05, 3.63) is 58.4 Å². The van der Waals surface area contributed by atoms with Crippen molar-refractivity contribution in [2.75, 3.05) is 13.1 Å². The summed E-state index contributed by atoms with van der Waals surface area (Å²) in [6, 6.07) is 7.77. The van der Waals surface area contributed by atoms with Gasteiger partial charge in [-0.2, -0.15) is 5.10 Å². The van der Waals surface area contributed by atoms with Crippen LogP contribution in [0.2, 0.25) is 0 Å². The fraction of sp³-hybridized carbons (Fsp3) is 0.308. The first-order valence-corrected chi connectivity index (χ1v) is 6.27. The summed E-state index contributed by atoms with van der Waals surface area (Å²) in [7, 11) is 0. The lowest BCUT2D eigenvalue weighted by molar-refractivity contribution is -0.384. The molecule has 0 saturated carbocycles. The zero-order chi connectivity index (χ0) is 14.4. The summed E-state index contributed by atoms with van der Waals surface area (Å²) in [5.74, 6) is 0. The van der Waals surface area contributed by atoms with Crippen molar-refractivity contribution in [1.82, 2.24) is 15.1 Å². The van der Waals surface area contributed by atoms with Crippen molar-refractivity contribution in [2.24, 2.45) is 0 Å². The van der Waals surface area contributed by atoms with E-state index in [9.17, 15) is 15.2 Å². The Hall–Kier alpha value is -2.25. The van der Waals surface area contributed by atoms with Crippen LogP contribution < -0.4 is 5.32 Å². The minimum absolute atomic E-state index is 0.0209. The van der Waals surface area contributed by atoms with Crippen LogP contribution in [0.1, 0.15) is 11.7 Å². The molecule has 1 heterocycles. The average molecular weight is 276 g/mol. The first-order valence-electron chi connectivity index (χ1n) is 6.27. The summed E-state index contributed by atoms with van der Waals surface area (Å²) in [5.41, 5.74) is 0.676. The Morgan fingerprint density at radius 2 is 2.15 bits per heavy atom. The van der Waals surface area contributed by atoms with E-state index in [2.05, 4.69) is 10.4 Å². The van der Waals surface area contributed by atoms with Crippen molar-refractivity contribution in [3.8, 4) is 0 Å². The molecule has 20 heavy (non-hydrogen) atoms. The molecule has 2 rings (SSSR count). The second kappa shape index (κ2) is 6.78. The summed E-state index contributed by atoms with van der Waals surface area (Å²) < 4.78 is 1.80. The third-order valence-corrected chi connectivity index (χ3v) is 2.90. The Bertz CT molecular complexity index is 539. The van der Waals surface area contributed by atoms with Gasteiger partial charge in [-0.05, 0) is 23.8 Å². The van der Waals surface area contributed by atoms with Gasteiger partial charge in [-0.25, -0.2) is 0 Å². The van der Waals surface area contributed by atoms with E-state index in [-0.39, 0.29) is 5.69 Å². The van der Waals surface area contributed by atoms with Gasteiger partial charge in [0.2, 0.25) is 0 Å². The minimum atomic E-state index is -0.687. The van der Waals surface area contributed by atoms with E-state index < -0.39 is 11.0 Å². The van der Waals surface area contributed by atoms with E-state index in [0.29, 0.717) is 18.7 Å². The van der Waals surface area contributed by atoms with Crippen LogP contribution >= 0.6 is 0 Å². The number of aliphatic hydroxyl groups is 1. The van der Waals surface area contributed by atoms with Crippen molar-refractivity contribution in [2.45, 2.75) is 12.6 Å². The Labute approximate surface area is 116 Å². The molecule has 7 nitrogen and oxygen atoms in total. The number of nitrogens with one attached hydrogen (secondary N) is 1. The first-order chi connectivity index (χ1) is 9.66. The number of non-ortho nitro benzene ring substituents is 1. The molecule has 1 unspecified atom stereocenters. The Morgan fingerprint density at radius 3 is 2.75 bits per heavy atom. The molecule has 1 aromatic carbocycles. The van der Waals surface area contributed by atoms with Gasteiger partial charge in [-0.3, -0.25) is 14.8 Å². The van der Waals surface area contributed by atoms with Gasteiger partial charge in [-0.1, -0.05) is 0 Å². The maximum Gasteiger partial charge on any atom is 0.269 e. The van der Waals surface area contributed by atoms with Gasteiger partial charge in [0.25, 0.3) is 5.69 Å². The number of hydrogen-bond acceptors (Lipinski definition) is 5. The molecule has 7 heteroatoms. The molecule has 106 valence electrons. The van der Waals surface area contributed by atoms with E-state index in [0.717, 1.165) is 6.54 Å².